The zero-order chi connectivity index (χ0) is 9.68. The Labute approximate surface area is 104 Å². The summed E-state index contributed by atoms with van der Waals surface area (Å²) in [6.45, 7) is 3.35. The van der Waals surface area contributed by atoms with Crippen LogP contribution in [0.15, 0.2) is 0 Å². The van der Waals surface area contributed by atoms with Gasteiger partial charge in [-0.2, -0.15) is 0 Å². The second kappa shape index (κ2) is 7.30. The van der Waals surface area contributed by atoms with Crippen LogP contribution in [0, 0.1) is 0 Å². The molecule has 0 saturated heterocycles. The zero-order valence-electron chi connectivity index (χ0n) is 7.92. The van der Waals surface area contributed by atoms with Gasteiger partial charge in [0.1, 0.15) is 19.9 Å². The highest BCUT2D eigenvalue weighted by molar-refractivity contribution is 8.13. The lowest BCUT2D eigenvalue weighted by molar-refractivity contribution is -0.489. The van der Waals surface area contributed by atoms with Gasteiger partial charge in [-0.1, -0.05) is 6.92 Å². The van der Waals surface area contributed by atoms with E-state index >= 15 is 0 Å². The predicted octanol–water partition coefficient (Wildman–Crippen LogP) is -4.92. The molecule has 0 amide bonds. The minimum atomic E-state index is -0.796. The molecule has 0 fully saturated rings. The van der Waals surface area contributed by atoms with Gasteiger partial charge in [0, 0.05) is 5.75 Å². The van der Waals surface area contributed by atoms with E-state index in [9.17, 15) is 4.79 Å². The minimum Gasteiger partial charge on any atom is -1.00 e. The lowest BCUT2D eigenvalue weighted by Crippen LogP contribution is -3.00. The van der Waals surface area contributed by atoms with E-state index in [1.165, 1.54) is 0 Å². The Bertz CT molecular complexity index is 225. The second-order valence-corrected chi connectivity index (χ2v) is 3.93. The molecule has 0 aromatic heterocycles. The van der Waals surface area contributed by atoms with E-state index in [1.54, 1.807) is 16.7 Å². The van der Waals surface area contributed by atoms with Gasteiger partial charge in [-0.05, 0) is 11.8 Å². The number of aliphatic carboxylic acids is 1. The van der Waals surface area contributed by atoms with E-state index in [0.717, 1.165) is 10.9 Å². The van der Waals surface area contributed by atoms with Gasteiger partial charge in [0.05, 0.1) is 0 Å². The van der Waals surface area contributed by atoms with E-state index in [2.05, 4.69) is 17.2 Å². The SMILES string of the molecule is CCSC1=[NH+]CN(CC(=O)O)CN1.[I-]. The van der Waals surface area contributed by atoms with Crippen molar-refractivity contribution >= 4 is 22.9 Å². The van der Waals surface area contributed by atoms with Gasteiger partial charge < -0.3 is 29.1 Å². The van der Waals surface area contributed by atoms with Crippen molar-refractivity contribution in [3.63, 3.8) is 0 Å². The van der Waals surface area contributed by atoms with Crippen LogP contribution in [0.1, 0.15) is 6.92 Å². The Morgan fingerprint density at radius 2 is 2.50 bits per heavy atom. The van der Waals surface area contributed by atoms with Gasteiger partial charge in [-0.25, -0.2) is 4.90 Å². The molecule has 1 aliphatic heterocycles. The van der Waals surface area contributed by atoms with Gasteiger partial charge in [-0.15, -0.1) is 0 Å². The van der Waals surface area contributed by atoms with Gasteiger partial charge in [0.15, 0.2) is 0 Å². The summed E-state index contributed by atoms with van der Waals surface area (Å²) in [5.41, 5.74) is 0. The highest BCUT2D eigenvalue weighted by atomic mass is 127. The standard InChI is InChI=1S/C7H13N3O2S.HI/c1-2-13-7-8-4-10(5-9-7)3-6(11)12;/h2-5H2,1H3,(H,8,9)(H,11,12);1H. The summed E-state index contributed by atoms with van der Waals surface area (Å²) in [7, 11) is 0. The third-order valence-electron chi connectivity index (χ3n) is 1.57. The van der Waals surface area contributed by atoms with Crippen LogP contribution in [0.25, 0.3) is 0 Å². The van der Waals surface area contributed by atoms with Crippen molar-refractivity contribution in [2.24, 2.45) is 0 Å². The number of thioether (sulfide) groups is 1. The molecule has 82 valence electrons. The normalized spacial score (nSPS) is 16.5. The number of hydrogen-bond donors (Lipinski definition) is 3. The second-order valence-electron chi connectivity index (χ2n) is 2.65. The van der Waals surface area contributed by atoms with Crippen molar-refractivity contribution in [2.75, 3.05) is 25.6 Å². The summed E-state index contributed by atoms with van der Waals surface area (Å²) in [6, 6.07) is 0. The summed E-state index contributed by atoms with van der Waals surface area (Å²) in [5, 5.41) is 12.7. The van der Waals surface area contributed by atoms with Crippen molar-refractivity contribution in [1.29, 1.82) is 0 Å². The third kappa shape index (κ3) is 5.01. The number of carboxylic acid groups (broad SMARTS) is 1. The Hall–Kier alpha value is -0.0200. The molecule has 1 aliphatic rings. The number of halogens is 1. The molecule has 0 aliphatic carbocycles. The summed E-state index contributed by atoms with van der Waals surface area (Å²) in [4.78, 5) is 15.3. The lowest BCUT2D eigenvalue weighted by Gasteiger charge is -2.19. The van der Waals surface area contributed by atoms with Gasteiger partial charge in [0.2, 0.25) is 0 Å². The first-order valence-electron chi connectivity index (χ1n) is 4.14. The van der Waals surface area contributed by atoms with Crippen molar-refractivity contribution in [1.82, 2.24) is 10.2 Å². The molecule has 0 saturated carbocycles. The molecule has 14 heavy (non-hydrogen) atoms. The van der Waals surface area contributed by atoms with Gasteiger partial charge in [0.25, 0.3) is 0 Å². The maximum absolute atomic E-state index is 10.4. The molecule has 1 rings (SSSR count). The van der Waals surface area contributed by atoms with E-state index in [4.69, 9.17) is 5.11 Å². The van der Waals surface area contributed by atoms with Crippen LogP contribution in [0.2, 0.25) is 0 Å². The molecule has 0 aromatic rings. The minimum absolute atomic E-state index is 0. The zero-order valence-corrected chi connectivity index (χ0v) is 10.9. The van der Waals surface area contributed by atoms with E-state index < -0.39 is 5.97 Å². The third-order valence-corrected chi connectivity index (χ3v) is 2.44. The average molecular weight is 331 g/mol. The number of nitrogens with zero attached hydrogens (tertiary/aromatic N) is 1. The summed E-state index contributed by atoms with van der Waals surface area (Å²) >= 11 is 1.69. The highest BCUT2D eigenvalue weighted by Crippen LogP contribution is 1.96. The topological polar surface area (TPSA) is 66.5 Å². The first kappa shape index (κ1) is 14.0. The largest absolute Gasteiger partial charge is 1.00 e. The molecule has 7 heteroatoms. The van der Waals surface area contributed by atoms with Crippen molar-refractivity contribution in [2.45, 2.75) is 6.92 Å². The smallest absolute Gasteiger partial charge is 0.317 e. The van der Waals surface area contributed by atoms with Crippen LogP contribution in [0.4, 0.5) is 0 Å². The molecule has 0 bridgehead atoms. The maximum atomic E-state index is 10.4. The molecule has 5 nitrogen and oxygen atoms in total. The maximum Gasteiger partial charge on any atom is 0.317 e. The monoisotopic (exact) mass is 331 g/mol. The van der Waals surface area contributed by atoms with Crippen LogP contribution in [0.3, 0.4) is 0 Å². The number of hydrogen-bond acceptors (Lipinski definition) is 4. The predicted molar refractivity (Wildman–Crippen MR) is 51.3 cm³/mol. The number of carboxylic acids is 1. The van der Waals surface area contributed by atoms with Crippen LogP contribution < -0.4 is 34.3 Å². The van der Waals surface area contributed by atoms with Crippen LogP contribution >= 0.6 is 11.8 Å². The van der Waals surface area contributed by atoms with Crippen LogP contribution in [0.5, 0.6) is 0 Å². The lowest BCUT2D eigenvalue weighted by atomic mass is 10.5. The number of amidine groups is 1. The summed E-state index contributed by atoms with van der Waals surface area (Å²) in [6.07, 6.45) is 0. The fourth-order valence-electron chi connectivity index (χ4n) is 1.04. The average Bonchev–Trinajstić information content (AvgIpc) is 2.08. The molecular weight excluding hydrogens is 317 g/mol. The Morgan fingerprint density at radius 3 is 2.93 bits per heavy atom. The quantitative estimate of drug-likeness (QED) is 0.453. The molecular formula is C7H14IN3O2S. The Kier molecular flexibility index (Phi) is 7.28. The van der Waals surface area contributed by atoms with Crippen molar-refractivity contribution < 1.29 is 38.9 Å². The molecule has 0 atom stereocenters. The molecule has 1 heterocycles. The first-order chi connectivity index (χ1) is 6.22. The Morgan fingerprint density at radius 1 is 1.79 bits per heavy atom. The molecule has 0 spiro atoms. The fourth-order valence-corrected chi connectivity index (χ4v) is 1.66. The van der Waals surface area contributed by atoms with E-state index in [-0.39, 0.29) is 30.5 Å². The van der Waals surface area contributed by atoms with E-state index in [0.29, 0.717) is 13.3 Å². The summed E-state index contributed by atoms with van der Waals surface area (Å²) in [5.74, 6) is 0.212. The fraction of sp³-hybridized carbons (Fsp3) is 0.714. The van der Waals surface area contributed by atoms with E-state index in [1.807, 2.05) is 0 Å². The van der Waals surface area contributed by atoms with Crippen molar-refractivity contribution in [3.8, 4) is 0 Å². The van der Waals surface area contributed by atoms with Gasteiger partial charge >= 0.3 is 11.1 Å². The molecule has 3 N–H and O–H groups in total. The molecule has 0 unspecified atom stereocenters. The molecule has 0 radical (unpaired) electrons. The number of nitrogens with one attached hydrogen (secondary N) is 2. The number of rotatable bonds is 3. The van der Waals surface area contributed by atoms with Crippen LogP contribution in [-0.2, 0) is 4.79 Å². The number of carbonyl (C=O) groups is 1. The molecule has 0 aromatic carbocycles. The van der Waals surface area contributed by atoms with Gasteiger partial charge in [-0.3, -0.25) is 15.1 Å². The van der Waals surface area contributed by atoms with Crippen molar-refractivity contribution in [3.05, 3.63) is 0 Å². The van der Waals surface area contributed by atoms with Crippen LogP contribution in [-0.4, -0.2) is 46.8 Å². The summed E-state index contributed by atoms with van der Waals surface area (Å²) < 4.78 is 0. The first-order valence-corrected chi connectivity index (χ1v) is 5.12. The Balaban J connectivity index is 0.00000169. The highest BCUT2D eigenvalue weighted by Gasteiger charge is 2.18.